The van der Waals surface area contributed by atoms with Crippen molar-refractivity contribution in [1.82, 2.24) is 4.98 Å². The quantitative estimate of drug-likeness (QED) is 0.555. The summed E-state index contributed by atoms with van der Waals surface area (Å²) < 4.78 is 26.1. The third-order valence-corrected chi connectivity index (χ3v) is 3.93. The SMILES string of the molecule is Fc1ccc(-c2ccc(-c3ccc(F)cc3)c(CBr)n2)cc1. The Morgan fingerprint density at radius 1 is 0.727 bits per heavy atom. The summed E-state index contributed by atoms with van der Waals surface area (Å²) in [6.07, 6.45) is 0. The van der Waals surface area contributed by atoms with E-state index in [1.54, 1.807) is 24.3 Å². The highest BCUT2D eigenvalue weighted by molar-refractivity contribution is 9.08. The fourth-order valence-electron chi connectivity index (χ4n) is 2.28. The van der Waals surface area contributed by atoms with E-state index in [-0.39, 0.29) is 11.6 Å². The summed E-state index contributed by atoms with van der Waals surface area (Å²) in [7, 11) is 0. The molecule has 0 radical (unpaired) electrons. The van der Waals surface area contributed by atoms with Crippen molar-refractivity contribution in [3.63, 3.8) is 0 Å². The number of rotatable bonds is 3. The van der Waals surface area contributed by atoms with E-state index in [0.717, 1.165) is 28.1 Å². The average Bonchev–Trinajstić information content (AvgIpc) is 2.56. The molecule has 0 aliphatic carbocycles. The van der Waals surface area contributed by atoms with Gasteiger partial charge in [0.05, 0.1) is 11.4 Å². The topological polar surface area (TPSA) is 12.9 Å². The van der Waals surface area contributed by atoms with E-state index in [9.17, 15) is 8.78 Å². The monoisotopic (exact) mass is 359 g/mol. The lowest BCUT2D eigenvalue weighted by molar-refractivity contribution is 0.627. The number of pyridine rings is 1. The van der Waals surface area contributed by atoms with Crippen molar-refractivity contribution in [3.05, 3.63) is 78.0 Å². The van der Waals surface area contributed by atoms with E-state index in [1.165, 1.54) is 24.3 Å². The highest BCUT2D eigenvalue weighted by atomic mass is 79.9. The number of hydrogen-bond donors (Lipinski definition) is 0. The molecule has 1 aromatic heterocycles. The minimum absolute atomic E-state index is 0.264. The van der Waals surface area contributed by atoms with Crippen molar-refractivity contribution < 1.29 is 8.78 Å². The van der Waals surface area contributed by atoms with Crippen LogP contribution in [0.1, 0.15) is 5.69 Å². The normalized spacial score (nSPS) is 10.7. The van der Waals surface area contributed by atoms with Crippen LogP contribution in [0.4, 0.5) is 8.78 Å². The highest BCUT2D eigenvalue weighted by Crippen LogP contribution is 2.28. The first-order valence-electron chi connectivity index (χ1n) is 6.75. The van der Waals surface area contributed by atoms with Gasteiger partial charge in [0, 0.05) is 16.5 Å². The van der Waals surface area contributed by atoms with E-state index < -0.39 is 0 Å². The first kappa shape index (κ1) is 14.9. The molecule has 1 nitrogen and oxygen atoms in total. The van der Waals surface area contributed by atoms with Gasteiger partial charge >= 0.3 is 0 Å². The van der Waals surface area contributed by atoms with E-state index in [1.807, 2.05) is 12.1 Å². The van der Waals surface area contributed by atoms with Crippen LogP contribution in [0.25, 0.3) is 22.4 Å². The number of hydrogen-bond acceptors (Lipinski definition) is 1. The molecule has 3 rings (SSSR count). The van der Waals surface area contributed by atoms with Gasteiger partial charge in [-0.2, -0.15) is 0 Å². The number of nitrogens with zero attached hydrogens (tertiary/aromatic N) is 1. The molecule has 0 aliphatic rings. The van der Waals surface area contributed by atoms with E-state index in [2.05, 4.69) is 20.9 Å². The predicted octanol–water partition coefficient (Wildman–Crippen LogP) is 5.59. The van der Waals surface area contributed by atoms with Crippen molar-refractivity contribution >= 4 is 15.9 Å². The summed E-state index contributed by atoms with van der Waals surface area (Å²) >= 11 is 3.44. The predicted molar refractivity (Wildman–Crippen MR) is 87.7 cm³/mol. The molecule has 0 saturated carbocycles. The third-order valence-electron chi connectivity index (χ3n) is 3.40. The standard InChI is InChI=1S/C18H12BrF2N/c19-11-18-16(12-1-5-14(20)6-2-12)9-10-17(22-18)13-3-7-15(21)8-4-13/h1-10H,11H2. The Hall–Kier alpha value is -2.07. The minimum Gasteiger partial charge on any atom is -0.251 e. The molecule has 3 aromatic rings. The van der Waals surface area contributed by atoms with Gasteiger partial charge in [-0.05, 0) is 48.0 Å². The highest BCUT2D eigenvalue weighted by Gasteiger charge is 2.09. The minimum atomic E-state index is -0.271. The van der Waals surface area contributed by atoms with Gasteiger partial charge in [-0.15, -0.1) is 0 Å². The van der Waals surface area contributed by atoms with Gasteiger partial charge in [-0.25, -0.2) is 8.78 Å². The molecule has 0 aliphatic heterocycles. The zero-order chi connectivity index (χ0) is 15.5. The molecule has 0 unspecified atom stereocenters. The van der Waals surface area contributed by atoms with Crippen molar-refractivity contribution in [3.8, 4) is 22.4 Å². The van der Waals surface area contributed by atoms with Crippen molar-refractivity contribution in [2.45, 2.75) is 5.33 Å². The van der Waals surface area contributed by atoms with Crippen LogP contribution >= 0.6 is 15.9 Å². The first-order valence-corrected chi connectivity index (χ1v) is 7.87. The lowest BCUT2D eigenvalue weighted by Crippen LogP contribution is -1.94. The van der Waals surface area contributed by atoms with E-state index in [4.69, 9.17) is 0 Å². The Morgan fingerprint density at radius 3 is 1.82 bits per heavy atom. The Balaban J connectivity index is 2.04. The number of alkyl halides is 1. The molecule has 0 bridgehead atoms. The fourth-order valence-corrected chi connectivity index (χ4v) is 2.70. The number of halogens is 3. The first-order chi connectivity index (χ1) is 10.7. The van der Waals surface area contributed by atoms with Crippen LogP contribution in [0.2, 0.25) is 0 Å². The molecular weight excluding hydrogens is 348 g/mol. The van der Waals surface area contributed by atoms with E-state index in [0.29, 0.717) is 5.33 Å². The van der Waals surface area contributed by atoms with Crippen LogP contribution < -0.4 is 0 Å². The molecule has 4 heteroatoms. The molecule has 1 heterocycles. The Kier molecular flexibility index (Phi) is 4.29. The molecular formula is C18H12BrF2N. The summed E-state index contributed by atoms with van der Waals surface area (Å²) in [5, 5.41) is 0.578. The van der Waals surface area contributed by atoms with Gasteiger partial charge in [0.25, 0.3) is 0 Å². The smallest absolute Gasteiger partial charge is 0.123 e. The summed E-state index contributed by atoms with van der Waals surface area (Å²) in [4.78, 5) is 4.63. The van der Waals surface area contributed by atoms with Gasteiger partial charge in [0.2, 0.25) is 0 Å². The zero-order valence-electron chi connectivity index (χ0n) is 11.6. The maximum absolute atomic E-state index is 13.0. The van der Waals surface area contributed by atoms with Crippen LogP contribution in [0.3, 0.4) is 0 Å². The second-order valence-corrected chi connectivity index (χ2v) is 5.40. The molecule has 0 fully saturated rings. The summed E-state index contributed by atoms with van der Waals surface area (Å²) in [6, 6.07) is 16.4. The van der Waals surface area contributed by atoms with Crippen LogP contribution in [0.15, 0.2) is 60.7 Å². The van der Waals surface area contributed by atoms with Gasteiger partial charge in [0.1, 0.15) is 11.6 Å². The van der Waals surface area contributed by atoms with Crippen LogP contribution in [-0.2, 0) is 5.33 Å². The van der Waals surface area contributed by atoms with Crippen molar-refractivity contribution in [1.29, 1.82) is 0 Å². The van der Waals surface area contributed by atoms with Crippen LogP contribution in [-0.4, -0.2) is 4.98 Å². The summed E-state index contributed by atoms with van der Waals surface area (Å²) in [5.41, 5.74) is 4.35. The average molecular weight is 360 g/mol. The lowest BCUT2D eigenvalue weighted by Gasteiger charge is -2.10. The molecule has 0 spiro atoms. The maximum atomic E-state index is 13.0. The third kappa shape index (κ3) is 3.07. The number of aromatic nitrogens is 1. The Bertz CT molecular complexity index is 783. The second-order valence-electron chi connectivity index (χ2n) is 4.84. The van der Waals surface area contributed by atoms with Gasteiger partial charge in [-0.3, -0.25) is 4.98 Å². The summed E-state index contributed by atoms with van der Waals surface area (Å²) in [6.45, 7) is 0. The second kappa shape index (κ2) is 6.36. The molecule has 0 saturated heterocycles. The van der Waals surface area contributed by atoms with Crippen molar-refractivity contribution in [2.75, 3.05) is 0 Å². The molecule has 110 valence electrons. The van der Waals surface area contributed by atoms with Gasteiger partial charge in [0.15, 0.2) is 0 Å². The zero-order valence-corrected chi connectivity index (χ0v) is 13.1. The Morgan fingerprint density at radius 2 is 1.27 bits per heavy atom. The lowest BCUT2D eigenvalue weighted by atomic mass is 10.0. The van der Waals surface area contributed by atoms with Gasteiger partial charge < -0.3 is 0 Å². The largest absolute Gasteiger partial charge is 0.251 e. The molecule has 0 amide bonds. The summed E-state index contributed by atoms with van der Waals surface area (Å²) in [5.74, 6) is -0.535. The van der Waals surface area contributed by atoms with Crippen LogP contribution in [0, 0.1) is 11.6 Å². The molecule has 0 atom stereocenters. The van der Waals surface area contributed by atoms with Crippen LogP contribution in [0.5, 0.6) is 0 Å². The fraction of sp³-hybridized carbons (Fsp3) is 0.0556. The van der Waals surface area contributed by atoms with E-state index >= 15 is 0 Å². The Labute approximate surface area is 135 Å². The molecule has 2 aromatic carbocycles. The number of benzene rings is 2. The molecule has 0 N–H and O–H groups in total. The van der Waals surface area contributed by atoms with Crippen molar-refractivity contribution in [2.24, 2.45) is 0 Å². The maximum Gasteiger partial charge on any atom is 0.123 e. The van der Waals surface area contributed by atoms with Gasteiger partial charge in [-0.1, -0.05) is 34.1 Å². The molecule has 22 heavy (non-hydrogen) atoms.